The highest BCUT2D eigenvalue weighted by molar-refractivity contribution is 6.00. The molecule has 1 saturated heterocycles. The van der Waals surface area contributed by atoms with Crippen LogP contribution in [0.3, 0.4) is 0 Å². The Bertz CT molecular complexity index is 1290. The van der Waals surface area contributed by atoms with Gasteiger partial charge >= 0.3 is 5.97 Å². The third-order valence-corrected chi connectivity index (χ3v) is 6.92. The number of carboxylic acid groups (broad SMARTS) is 1. The lowest BCUT2D eigenvalue weighted by molar-refractivity contribution is -0.163. The van der Waals surface area contributed by atoms with Gasteiger partial charge in [-0.3, -0.25) is 4.79 Å². The van der Waals surface area contributed by atoms with E-state index in [0.717, 1.165) is 11.1 Å². The molecule has 8 nitrogen and oxygen atoms in total. The van der Waals surface area contributed by atoms with E-state index < -0.39 is 18.0 Å². The molecule has 0 unspecified atom stereocenters. The molecule has 5 rings (SSSR count). The van der Waals surface area contributed by atoms with Crippen LogP contribution < -0.4 is 14.2 Å². The molecular formula is C28H27NO7. The number of aliphatic hydroxyl groups excluding tert-OH is 1. The highest BCUT2D eigenvalue weighted by atomic mass is 16.5. The number of carbonyl (C=O) groups is 2. The number of ether oxygens (including phenoxy) is 3. The summed E-state index contributed by atoms with van der Waals surface area (Å²) in [7, 11) is 0. The smallest absolute Gasteiger partial charge is 0.352 e. The van der Waals surface area contributed by atoms with E-state index >= 15 is 0 Å². The number of aliphatic hydroxyl groups is 1. The molecule has 0 radical (unpaired) electrons. The maximum atomic E-state index is 12.5. The molecule has 0 saturated carbocycles. The third-order valence-electron chi connectivity index (χ3n) is 6.92. The molecule has 4 atom stereocenters. The second-order valence-corrected chi connectivity index (χ2v) is 9.26. The number of amides is 1. The fourth-order valence-electron chi connectivity index (χ4n) is 5.03. The van der Waals surface area contributed by atoms with Gasteiger partial charge in [0, 0.05) is 23.1 Å². The minimum absolute atomic E-state index is 0.0347. The van der Waals surface area contributed by atoms with Gasteiger partial charge in [-0.05, 0) is 48.9 Å². The first-order chi connectivity index (χ1) is 17.2. The van der Waals surface area contributed by atoms with Gasteiger partial charge in [-0.2, -0.15) is 0 Å². The zero-order valence-corrected chi connectivity index (χ0v) is 20.0. The summed E-state index contributed by atoms with van der Waals surface area (Å²) in [6.45, 7) is 7.62. The van der Waals surface area contributed by atoms with Crippen molar-refractivity contribution in [3.8, 4) is 17.2 Å². The summed E-state index contributed by atoms with van der Waals surface area (Å²) in [4.78, 5) is 25.7. The number of β-lactam (4-membered cyclic amide) rings is 1. The molecule has 8 heteroatoms. The normalized spacial score (nSPS) is 23.0. The Balaban J connectivity index is 1.21. The van der Waals surface area contributed by atoms with E-state index in [0.29, 0.717) is 35.2 Å². The van der Waals surface area contributed by atoms with Crippen LogP contribution in [0.1, 0.15) is 25.0 Å². The first-order valence-electron chi connectivity index (χ1n) is 11.8. The Morgan fingerprint density at radius 1 is 1.11 bits per heavy atom. The molecule has 0 aromatic heterocycles. The summed E-state index contributed by atoms with van der Waals surface area (Å²) in [6.07, 6.45) is 2.92. The van der Waals surface area contributed by atoms with E-state index in [-0.39, 0.29) is 30.2 Å². The number of hydrogen-bond acceptors (Lipinski definition) is 6. The Labute approximate surface area is 208 Å². The van der Waals surface area contributed by atoms with Gasteiger partial charge in [0.25, 0.3) is 0 Å². The van der Waals surface area contributed by atoms with Gasteiger partial charge in [0.2, 0.25) is 5.91 Å². The van der Waals surface area contributed by atoms with Gasteiger partial charge in [0.05, 0.1) is 18.1 Å². The fourth-order valence-corrected chi connectivity index (χ4v) is 5.03. The molecule has 0 spiro atoms. The molecule has 0 aliphatic carbocycles. The molecule has 3 heterocycles. The Kier molecular flexibility index (Phi) is 6.05. The second-order valence-electron chi connectivity index (χ2n) is 9.26. The van der Waals surface area contributed by atoms with Crippen LogP contribution in [0.25, 0.3) is 6.08 Å². The average Bonchev–Trinajstić information content (AvgIpc) is 3.09. The van der Waals surface area contributed by atoms with E-state index in [1.807, 2.05) is 49.4 Å². The molecule has 186 valence electrons. The number of allylic oxidation sites excluding steroid dienone is 1. The van der Waals surface area contributed by atoms with Gasteiger partial charge < -0.3 is 29.3 Å². The lowest BCUT2D eigenvalue weighted by atomic mass is 9.78. The minimum Gasteiger partial charge on any atom is -0.489 e. The molecule has 3 aliphatic rings. The highest BCUT2D eigenvalue weighted by Crippen LogP contribution is 2.47. The van der Waals surface area contributed by atoms with Crippen molar-refractivity contribution in [1.29, 1.82) is 0 Å². The summed E-state index contributed by atoms with van der Waals surface area (Å²) in [5.74, 6) is 0.182. The summed E-state index contributed by atoms with van der Waals surface area (Å²) in [5.41, 5.74) is 2.40. The zero-order valence-electron chi connectivity index (χ0n) is 20.0. The number of carbonyl (C=O) groups excluding carboxylic acids is 1. The molecule has 2 aromatic carbocycles. The maximum absolute atomic E-state index is 12.5. The number of nitrogens with zero attached hydrogens (tertiary/aromatic N) is 1. The zero-order chi connectivity index (χ0) is 25.6. The highest BCUT2D eigenvalue weighted by Gasteiger charge is 2.59. The summed E-state index contributed by atoms with van der Waals surface area (Å²) >= 11 is 0. The van der Waals surface area contributed by atoms with Crippen molar-refractivity contribution in [3.63, 3.8) is 0 Å². The van der Waals surface area contributed by atoms with Crippen LogP contribution in [-0.4, -0.2) is 45.7 Å². The number of rotatable bonds is 8. The van der Waals surface area contributed by atoms with E-state index in [4.69, 9.17) is 14.2 Å². The molecule has 1 fully saturated rings. The van der Waals surface area contributed by atoms with Gasteiger partial charge in [-0.15, -0.1) is 0 Å². The van der Waals surface area contributed by atoms with E-state index in [1.54, 1.807) is 19.1 Å². The standard InChI is InChI=1S/C28H27NO7/c1-15-4-7-19-8-11-21(12-23(19)36-15)34-13-18-5-9-20(10-6-18)35-14-22-16(2)25-24(17(3)30)27(31)29(25)26(22)28(32)33/h4-12,16-17,24-25,30H,1,13-14H2,2-3H3,(H,32,33)/t16-,17+,24+,25+/m0/s1. The van der Waals surface area contributed by atoms with Gasteiger partial charge in [-0.25, -0.2) is 4.79 Å². The Morgan fingerprint density at radius 3 is 2.50 bits per heavy atom. The molecular weight excluding hydrogens is 462 g/mol. The predicted octanol–water partition coefficient (Wildman–Crippen LogP) is 3.76. The van der Waals surface area contributed by atoms with Gasteiger partial charge in [0.15, 0.2) is 0 Å². The minimum atomic E-state index is -1.17. The molecule has 2 N–H and O–H groups in total. The predicted molar refractivity (Wildman–Crippen MR) is 131 cm³/mol. The lowest BCUT2D eigenvalue weighted by Gasteiger charge is -2.46. The average molecular weight is 490 g/mol. The molecule has 36 heavy (non-hydrogen) atoms. The van der Waals surface area contributed by atoms with E-state index in [2.05, 4.69) is 6.58 Å². The first kappa shape index (κ1) is 23.7. The van der Waals surface area contributed by atoms with Crippen LogP contribution in [0.15, 0.2) is 72.1 Å². The number of fused-ring (bicyclic) bond motifs is 2. The SMILES string of the molecule is C=C1C=Cc2ccc(OCc3ccc(OCC4=C(C(=O)O)N5C(=O)[C@H]([C@@H](C)O)[C@H]5[C@H]4C)cc3)cc2O1. The quantitative estimate of drug-likeness (QED) is 0.544. The number of benzene rings is 2. The molecule has 3 aliphatic heterocycles. The van der Waals surface area contributed by atoms with Crippen molar-refractivity contribution in [2.24, 2.45) is 11.8 Å². The van der Waals surface area contributed by atoms with Crippen molar-refractivity contribution in [2.75, 3.05) is 6.61 Å². The van der Waals surface area contributed by atoms with Crippen LogP contribution in [0.5, 0.6) is 17.2 Å². The monoisotopic (exact) mass is 489 g/mol. The summed E-state index contributed by atoms with van der Waals surface area (Å²) in [6, 6.07) is 12.6. The molecule has 2 aromatic rings. The topological polar surface area (TPSA) is 106 Å². The maximum Gasteiger partial charge on any atom is 0.352 e. The fraction of sp³-hybridized carbons (Fsp3) is 0.286. The number of aliphatic carboxylic acids is 1. The second kappa shape index (κ2) is 9.20. The van der Waals surface area contributed by atoms with Crippen LogP contribution in [0.4, 0.5) is 0 Å². The van der Waals surface area contributed by atoms with E-state index in [1.165, 1.54) is 4.90 Å². The van der Waals surface area contributed by atoms with Crippen molar-refractivity contribution in [3.05, 3.63) is 83.3 Å². The lowest BCUT2D eigenvalue weighted by Crippen LogP contribution is -2.63. The van der Waals surface area contributed by atoms with Crippen molar-refractivity contribution < 1.29 is 34.0 Å². The van der Waals surface area contributed by atoms with Crippen molar-refractivity contribution in [1.82, 2.24) is 4.90 Å². The Morgan fingerprint density at radius 2 is 1.81 bits per heavy atom. The van der Waals surface area contributed by atoms with Crippen molar-refractivity contribution >= 4 is 18.0 Å². The largest absolute Gasteiger partial charge is 0.489 e. The van der Waals surface area contributed by atoms with Crippen molar-refractivity contribution in [2.45, 2.75) is 32.6 Å². The molecule has 1 amide bonds. The summed E-state index contributed by atoms with van der Waals surface area (Å²) in [5, 5.41) is 19.7. The molecule has 0 bridgehead atoms. The summed E-state index contributed by atoms with van der Waals surface area (Å²) < 4.78 is 17.4. The van der Waals surface area contributed by atoms with Crippen LogP contribution in [0.2, 0.25) is 0 Å². The third kappa shape index (κ3) is 4.13. The van der Waals surface area contributed by atoms with Gasteiger partial charge in [0.1, 0.15) is 41.9 Å². The van der Waals surface area contributed by atoms with E-state index in [9.17, 15) is 19.8 Å². The first-order valence-corrected chi connectivity index (χ1v) is 11.8. The van der Waals surface area contributed by atoms with Gasteiger partial charge in [-0.1, -0.05) is 25.6 Å². The van der Waals surface area contributed by atoms with Crippen LogP contribution >= 0.6 is 0 Å². The Hall–Kier alpha value is -4.04. The number of hydrogen-bond donors (Lipinski definition) is 2. The number of carboxylic acids is 1. The van der Waals surface area contributed by atoms with Crippen LogP contribution in [0, 0.1) is 11.8 Å². The van der Waals surface area contributed by atoms with Crippen LogP contribution in [-0.2, 0) is 16.2 Å².